The van der Waals surface area contributed by atoms with Crippen molar-refractivity contribution in [3.8, 4) is 0 Å². The van der Waals surface area contributed by atoms with Crippen LogP contribution in [0.2, 0.25) is 5.15 Å². The summed E-state index contributed by atoms with van der Waals surface area (Å²) in [5.41, 5.74) is 1.73. The molecule has 5 atom stereocenters. The third-order valence-electron chi connectivity index (χ3n) is 10.8. The lowest BCUT2D eigenvalue weighted by Crippen LogP contribution is -2.58. The molecule has 2 saturated carbocycles. The van der Waals surface area contributed by atoms with Gasteiger partial charge in [-0.15, -0.1) is 0 Å². The van der Waals surface area contributed by atoms with Gasteiger partial charge in [0, 0.05) is 35.8 Å². The van der Waals surface area contributed by atoms with Crippen molar-refractivity contribution in [1.29, 1.82) is 0 Å². The quantitative estimate of drug-likeness (QED) is 0.483. The second-order valence-electron chi connectivity index (χ2n) is 12.2. The van der Waals surface area contributed by atoms with E-state index in [-0.39, 0.29) is 22.5 Å². The summed E-state index contributed by atoms with van der Waals surface area (Å²) in [4.78, 5) is 4.28. The predicted molar refractivity (Wildman–Crippen MR) is 137 cm³/mol. The maximum Gasteiger partial charge on any atom is 0.171 e. The van der Waals surface area contributed by atoms with E-state index in [1.54, 1.807) is 6.20 Å². The average Bonchev–Trinajstić information content (AvgIpc) is 3.53. The maximum atomic E-state index is 12.5. The van der Waals surface area contributed by atoms with Gasteiger partial charge in [-0.2, -0.15) is 0 Å². The van der Waals surface area contributed by atoms with Gasteiger partial charge >= 0.3 is 0 Å². The van der Waals surface area contributed by atoms with Crippen LogP contribution < -0.4 is 0 Å². The van der Waals surface area contributed by atoms with E-state index in [0.29, 0.717) is 24.8 Å². The zero-order valence-corrected chi connectivity index (χ0v) is 21.4. The minimum atomic E-state index is -0.962. The Kier molecular flexibility index (Phi) is 4.33. The molecule has 5 nitrogen and oxygen atoms in total. The third-order valence-corrected chi connectivity index (χ3v) is 11.1. The van der Waals surface area contributed by atoms with Crippen LogP contribution in [-0.2, 0) is 19.8 Å². The number of nitrogens with zero attached hydrogens (tertiary/aromatic N) is 1. The molecule has 4 fully saturated rings. The van der Waals surface area contributed by atoms with Gasteiger partial charge in [0.05, 0.1) is 30.0 Å². The lowest BCUT2D eigenvalue weighted by molar-refractivity contribution is -0.230. The van der Waals surface area contributed by atoms with E-state index in [2.05, 4.69) is 42.3 Å². The fourth-order valence-corrected chi connectivity index (χ4v) is 9.23. The molecule has 6 heteroatoms. The van der Waals surface area contributed by atoms with Crippen molar-refractivity contribution >= 4 is 22.4 Å². The van der Waals surface area contributed by atoms with Crippen LogP contribution in [0.4, 0.5) is 0 Å². The van der Waals surface area contributed by atoms with Gasteiger partial charge in [0.2, 0.25) is 0 Å². The van der Waals surface area contributed by atoms with Crippen LogP contribution in [0, 0.1) is 11.3 Å². The highest BCUT2D eigenvalue weighted by atomic mass is 35.5. The molecule has 1 N–H and O–H groups in total. The summed E-state index contributed by atoms with van der Waals surface area (Å²) >= 11 is 6.46. The summed E-state index contributed by atoms with van der Waals surface area (Å²) in [6, 6.07) is 8.17. The molecule has 1 aromatic heterocycles. The van der Waals surface area contributed by atoms with Crippen LogP contribution in [-0.4, -0.2) is 40.3 Å². The summed E-state index contributed by atoms with van der Waals surface area (Å²) in [5.74, 6) is -0.257. The standard InChI is InChI=1S/C30H32ClNO4/c1-26-8-4-21-16-20-5-9-28(34-14-15-35-28)18-27(20)11-12-29(21,36-27)24(26)6-10-30(26,33)22-3-2-19-7-13-32-25(31)23(19)17-22/h2-4,7,13,16-17,24,33H,5-6,8-12,14-15,18H2,1H3/t24-,26+,27-,29?,30-/m1/s1. The Balaban J connectivity index is 1.21. The molecular weight excluding hydrogens is 474 g/mol. The second kappa shape index (κ2) is 7.00. The highest BCUT2D eigenvalue weighted by Gasteiger charge is 2.71. The van der Waals surface area contributed by atoms with Crippen molar-refractivity contribution in [2.75, 3.05) is 13.2 Å². The molecule has 1 aromatic carbocycles. The Labute approximate surface area is 216 Å². The molecule has 2 bridgehead atoms. The van der Waals surface area contributed by atoms with Crippen LogP contribution in [0.15, 0.2) is 53.8 Å². The van der Waals surface area contributed by atoms with E-state index in [4.69, 9.17) is 25.8 Å². The van der Waals surface area contributed by atoms with Crippen LogP contribution in [0.1, 0.15) is 63.9 Å². The minimum absolute atomic E-state index is 0.232. The molecule has 36 heavy (non-hydrogen) atoms. The lowest BCUT2D eigenvalue weighted by Gasteiger charge is -2.56. The SMILES string of the molecule is C[C@]12CC=C3C=C4CCC5(C[C@]46CCC3(O6)[C@@H]1CC[C@@]2(O)c1ccc2ccnc(Cl)c2c1)OCCO5. The van der Waals surface area contributed by atoms with Crippen LogP contribution in [0.5, 0.6) is 0 Å². The molecule has 2 saturated heterocycles. The summed E-state index contributed by atoms with van der Waals surface area (Å²) < 4.78 is 19.6. The Bertz CT molecular complexity index is 1360. The van der Waals surface area contributed by atoms with E-state index in [9.17, 15) is 5.11 Å². The topological polar surface area (TPSA) is 60.8 Å². The van der Waals surface area contributed by atoms with E-state index in [1.165, 1.54) is 11.1 Å². The number of benzene rings is 1. The van der Waals surface area contributed by atoms with Gasteiger partial charge in [-0.1, -0.05) is 42.8 Å². The number of aromatic nitrogens is 1. The van der Waals surface area contributed by atoms with Crippen molar-refractivity contribution in [2.24, 2.45) is 11.3 Å². The van der Waals surface area contributed by atoms with Gasteiger partial charge in [0.15, 0.2) is 5.79 Å². The predicted octanol–water partition coefficient (Wildman–Crippen LogP) is 5.98. The fraction of sp³-hybridized carbons (Fsp3) is 0.567. The highest BCUT2D eigenvalue weighted by Crippen LogP contribution is 2.71. The molecule has 2 aromatic rings. The van der Waals surface area contributed by atoms with Crippen molar-refractivity contribution in [3.63, 3.8) is 0 Å². The number of aliphatic hydroxyl groups is 1. The molecule has 3 aliphatic carbocycles. The van der Waals surface area contributed by atoms with E-state index in [1.807, 2.05) is 6.07 Å². The molecule has 3 aliphatic heterocycles. The zero-order valence-electron chi connectivity index (χ0n) is 20.7. The smallest absolute Gasteiger partial charge is 0.171 e. The first-order valence-corrected chi connectivity index (χ1v) is 13.9. The van der Waals surface area contributed by atoms with Crippen molar-refractivity contribution in [3.05, 3.63) is 64.5 Å². The fourth-order valence-electron chi connectivity index (χ4n) is 9.01. The maximum absolute atomic E-state index is 12.5. The van der Waals surface area contributed by atoms with Gasteiger partial charge < -0.3 is 19.3 Å². The van der Waals surface area contributed by atoms with Crippen molar-refractivity contribution in [2.45, 2.75) is 80.9 Å². The van der Waals surface area contributed by atoms with E-state index in [0.717, 1.165) is 61.3 Å². The van der Waals surface area contributed by atoms with Crippen molar-refractivity contribution < 1.29 is 19.3 Å². The number of allylic oxidation sites excluding steroid dienone is 1. The van der Waals surface area contributed by atoms with Gasteiger partial charge in [-0.3, -0.25) is 0 Å². The first-order valence-electron chi connectivity index (χ1n) is 13.5. The first-order chi connectivity index (χ1) is 17.3. The Morgan fingerprint density at radius 1 is 1.08 bits per heavy atom. The van der Waals surface area contributed by atoms with E-state index >= 15 is 0 Å². The van der Waals surface area contributed by atoms with Crippen LogP contribution in [0.25, 0.3) is 10.8 Å². The Hall–Kier alpha value is -1.76. The van der Waals surface area contributed by atoms with Gasteiger partial charge in [0.1, 0.15) is 5.15 Å². The molecule has 3 spiro atoms. The number of fused-ring (bicyclic) bond motifs is 2. The number of rotatable bonds is 1. The number of hydrogen-bond donors (Lipinski definition) is 1. The monoisotopic (exact) mass is 505 g/mol. The van der Waals surface area contributed by atoms with Crippen molar-refractivity contribution in [1.82, 2.24) is 4.98 Å². The van der Waals surface area contributed by atoms with E-state index < -0.39 is 11.4 Å². The second-order valence-corrected chi connectivity index (χ2v) is 12.6. The van der Waals surface area contributed by atoms with Gasteiger partial charge in [-0.05, 0) is 72.8 Å². The normalized spacial score (nSPS) is 42.1. The molecule has 4 heterocycles. The Morgan fingerprint density at radius 3 is 2.81 bits per heavy atom. The molecule has 8 rings (SSSR count). The summed E-state index contributed by atoms with van der Waals surface area (Å²) in [6.45, 7) is 3.62. The zero-order chi connectivity index (χ0) is 24.4. The molecule has 0 radical (unpaired) electrons. The van der Waals surface area contributed by atoms with Gasteiger partial charge in [0.25, 0.3) is 0 Å². The molecular formula is C30H32ClNO4. The molecule has 188 valence electrons. The first kappa shape index (κ1) is 22.2. The molecule has 6 aliphatic rings. The summed E-state index contributed by atoms with van der Waals surface area (Å²) in [5, 5.41) is 14.9. The lowest BCUT2D eigenvalue weighted by atomic mass is 9.56. The number of halogens is 1. The summed E-state index contributed by atoms with van der Waals surface area (Å²) in [7, 11) is 0. The van der Waals surface area contributed by atoms with Crippen LogP contribution >= 0.6 is 11.6 Å². The Morgan fingerprint density at radius 2 is 1.94 bits per heavy atom. The molecule has 0 amide bonds. The van der Waals surface area contributed by atoms with Gasteiger partial charge in [-0.25, -0.2) is 4.98 Å². The highest BCUT2D eigenvalue weighted by molar-refractivity contribution is 6.34. The third kappa shape index (κ3) is 2.59. The summed E-state index contributed by atoms with van der Waals surface area (Å²) in [6.07, 6.45) is 13.7. The number of hydrogen-bond acceptors (Lipinski definition) is 5. The number of pyridine rings is 1. The largest absolute Gasteiger partial charge is 0.385 e. The number of ether oxygens (including phenoxy) is 3. The average molecular weight is 506 g/mol. The van der Waals surface area contributed by atoms with Crippen LogP contribution in [0.3, 0.4) is 0 Å². The molecule has 1 unspecified atom stereocenters. The minimum Gasteiger partial charge on any atom is -0.385 e.